The lowest BCUT2D eigenvalue weighted by Crippen LogP contribution is -2.16. The first kappa shape index (κ1) is 20.2. The number of carbonyl (C=O) groups is 1. The van der Waals surface area contributed by atoms with Crippen molar-refractivity contribution >= 4 is 77.5 Å². The minimum Gasteiger partial charge on any atom is -0.493 e. The molecule has 1 N–H and O–H groups in total. The van der Waals surface area contributed by atoms with E-state index in [9.17, 15) is 4.79 Å². The molecular formula is C18H13Br2IN2O4. The molecule has 0 radical (unpaired) electrons. The maximum Gasteiger partial charge on any atom is 0.307 e. The van der Waals surface area contributed by atoms with Crippen molar-refractivity contribution in [2.45, 2.75) is 0 Å². The molecule has 6 nitrogen and oxygen atoms in total. The molecule has 27 heavy (non-hydrogen) atoms. The molecule has 1 heterocycles. The molecule has 9 heteroatoms. The van der Waals surface area contributed by atoms with E-state index < -0.39 is 5.91 Å². The van der Waals surface area contributed by atoms with Crippen LogP contribution in [-0.2, 0) is 0 Å². The Bertz CT molecular complexity index is 1050. The van der Waals surface area contributed by atoms with Crippen LogP contribution in [0.15, 0.2) is 48.8 Å². The van der Waals surface area contributed by atoms with Gasteiger partial charge in [0.1, 0.15) is 5.58 Å². The number of methoxy groups -OCH3 is 2. The lowest BCUT2D eigenvalue weighted by molar-refractivity contribution is 0.0929. The fraction of sp³-hybridized carbons (Fsp3) is 0.111. The van der Waals surface area contributed by atoms with Gasteiger partial charge < -0.3 is 13.9 Å². The van der Waals surface area contributed by atoms with E-state index in [1.54, 1.807) is 26.4 Å². The van der Waals surface area contributed by atoms with Crippen LogP contribution >= 0.6 is 54.5 Å². The number of rotatable bonds is 5. The molecule has 0 spiro atoms. The van der Waals surface area contributed by atoms with Gasteiger partial charge in [0.05, 0.1) is 28.5 Å². The summed E-state index contributed by atoms with van der Waals surface area (Å²) in [6.07, 6.45) is 1.52. The second-order valence-corrected chi connectivity index (χ2v) is 8.29. The molecule has 0 aliphatic heterocycles. The second kappa shape index (κ2) is 8.61. The fourth-order valence-corrected chi connectivity index (χ4v) is 4.61. The smallest absolute Gasteiger partial charge is 0.307 e. The van der Waals surface area contributed by atoms with Gasteiger partial charge in [-0.25, -0.2) is 5.43 Å². The van der Waals surface area contributed by atoms with Gasteiger partial charge in [-0.15, -0.1) is 0 Å². The number of ether oxygens (including phenoxy) is 2. The normalized spacial score (nSPS) is 11.1. The standard InChI is InChI=1S/C18H13Br2IN2O4/c1-25-14-4-9(3-13(21)17(14)26-2)8-22-23-18(24)15-6-10-5-11(19)7-12(20)16(10)27-15/h3-8H,1-2H3,(H,23,24)/b22-8-. The number of benzene rings is 2. The first-order valence-electron chi connectivity index (χ1n) is 7.56. The lowest BCUT2D eigenvalue weighted by Gasteiger charge is -2.10. The highest BCUT2D eigenvalue weighted by Crippen LogP contribution is 2.33. The summed E-state index contributed by atoms with van der Waals surface area (Å²) in [5, 5.41) is 4.80. The number of hydrogen-bond acceptors (Lipinski definition) is 5. The van der Waals surface area contributed by atoms with Crippen LogP contribution in [-0.4, -0.2) is 26.3 Å². The Balaban J connectivity index is 1.78. The number of fused-ring (bicyclic) bond motifs is 1. The molecule has 0 unspecified atom stereocenters. The van der Waals surface area contributed by atoms with Crippen molar-refractivity contribution in [2.24, 2.45) is 5.10 Å². The Morgan fingerprint density at radius 3 is 2.67 bits per heavy atom. The first-order valence-corrected chi connectivity index (χ1v) is 10.2. The van der Waals surface area contributed by atoms with Crippen molar-refractivity contribution < 1.29 is 18.7 Å². The first-order chi connectivity index (χ1) is 12.9. The maximum atomic E-state index is 12.3. The Hall–Kier alpha value is -1.59. The zero-order valence-electron chi connectivity index (χ0n) is 14.2. The summed E-state index contributed by atoms with van der Waals surface area (Å²) in [6.45, 7) is 0. The SMILES string of the molecule is COc1cc(/C=N\NC(=O)c2cc3cc(Br)cc(Br)c3o2)cc(I)c1OC. The van der Waals surface area contributed by atoms with Crippen LogP contribution in [0.1, 0.15) is 16.1 Å². The van der Waals surface area contributed by atoms with Crippen LogP contribution in [0.3, 0.4) is 0 Å². The summed E-state index contributed by atoms with van der Waals surface area (Å²) >= 11 is 8.97. The van der Waals surface area contributed by atoms with Crippen LogP contribution in [0.25, 0.3) is 11.0 Å². The predicted octanol–water partition coefficient (Wildman–Crippen LogP) is 5.34. The number of halogens is 3. The van der Waals surface area contributed by atoms with E-state index in [1.165, 1.54) is 6.21 Å². The molecule has 0 aliphatic carbocycles. The topological polar surface area (TPSA) is 73.1 Å². The van der Waals surface area contributed by atoms with Crippen LogP contribution in [0.5, 0.6) is 11.5 Å². The van der Waals surface area contributed by atoms with E-state index in [4.69, 9.17) is 13.9 Å². The number of nitrogens with zero attached hydrogens (tertiary/aromatic N) is 1. The minimum atomic E-state index is -0.444. The van der Waals surface area contributed by atoms with Gasteiger partial charge in [-0.3, -0.25) is 4.79 Å². The number of hydrogen-bond donors (Lipinski definition) is 1. The number of amides is 1. The molecule has 0 fully saturated rings. The maximum absolute atomic E-state index is 12.3. The van der Waals surface area contributed by atoms with Crippen molar-refractivity contribution in [2.75, 3.05) is 14.2 Å². The number of hydrazone groups is 1. The van der Waals surface area contributed by atoms with Gasteiger partial charge in [-0.2, -0.15) is 5.10 Å². The molecule has 0 saturated carbocycles. The van der Waals surface area contributed by atoms with Gasteiger partial charge in [-0.1, -0.05) is 15.9 Å². The second-order valence-electron chi connectivity index (χ2n) is 5.35. The van der Waals surface area contributed by atoms with Crippen LogP contribution < -0.4 is 14.9 Å². The molecule has 2 aromatic carbocycles. The summed E-state index contributed by atoms with van der Waals surface area (Å²) in [6, 6.07) is 9.02. The van der Waals surface area contributed by atoms with Crippen molar-refractivity contribution in [3.63, 3.8) is 0 Å². The van der Waals surface area contributed by atoms with Crippen LogP contribution in [0.4, 0.5) is 0 Å². The quantitative estimate of drug-likeness (QED) is 0.241. The minimum absolute atomic E-state index is 0.169. The number of carbonyl (C=O) groups excluding carboxylic acids is 1. The van der Waals surface area contributed by atoms with Gasteiger partial charge in [0, 0.05) is 9.86 Å². The van der Waals surface area contributed by atoms with E-state index in [1.807, 2.05) is 18.2 Å². The summed E-state index contributed by atoms with van der Waals surface area (Å²) in [4.78, 5) is 12.3. The fourth-order valence-electron chi connectivity index (χ4n) is 2.42. The third-order valence-electron chi connectivity index (χ3n) is 3.60. The lowest BCUT2D eigenvalue weighted by atomic mass is 10.2. The average molecular weight is 608 g/mol. The molecule has 140 valence electrons. The Labute approximate surface area is 185 Å². The number of furan rings is 1. The van der Waals surface area contributed by atoms with Crippen molar-refractivity contribution in [3.05, 3.63) is 54.2 Å². The highest BCUT2D eigenvalue weighted by Gasteiger charge is 2.14. The summed E-state index contributed by atoms with van der Waals surface area (Å²) < 4.78 is 18.7. The largest absolute Gasteiger partial charge is 0.493 e. The molecule has 3 aromatic rings. The van der Waals surface area contributed by atoms with E-state index in [-0.39, 0.29) is 5.76 Å². The molecule has 0 saturated heterocycles. The zero-order valence-corrected chi connectivity index (χ0v) is 19.5. The van der Waals surface area contributed by atoms with E-state index in [0.29, 0.717) is 17.1 Å². The summed E-state index contributed by atoms with van der Waals surface area (Å²) in [5.74, 6) is 0.965. The molecule has 0 atom stereocenters. The molecule has 0 bridgehead atoms. The summed E-state index contributed by atoms with van der Waals surface area (Å²) in [7, 11) is 3.15. The Morgan fingerprint density at radius 1 is 1.19 bits per heavy atom. The molecule has 3 rings (SSSR count). The number of nitrogens with one attached hydrogen (secondary N) is 1. The van der Waals surface area contributed by atoms with Crippen molar-refractivity contribution in [3.8, 4) is 11.5 Å². The van der Waals surface area contributed by atoms with E-state index >= 15 is 0 Å². The van der Waals surface area contributed by atoms with Gasteiger partial charge in [0.25, 0.3) is 0 Å². The zero-order chi connectivity index (χ0) is 19.6. The van der Waals surface area contributed by atoms with E-state index in [0.717, 1.165) is 23.5 Å². The van der Waals surface area contributed by atoms with Gasteiger partial charge in [-0.05, 0) is 74.4 Å². The highest BCUT2D eigenvalue weighted by atomic mass is 127. The summed E-state index contributed by atoms with van der Waals surface area (Å²) in [5.41, 5.74) is 3.82. The van der Waals surface area contributed by atoms with Crippen LogP contribution in [0.2, 0.25) is 0 Å². The van der Waals surface area contributed by atoms with Crippen molar-refractivity contribution in [1.29, 1.82) is 0 Å². The predicted molar refractivity (Wildman–Crippen MR) is 119 cm³/mol. The third kappa shape index (κ3) is 4.46. The molecular weight excluding hydrogens is 595 g/mol. The van der Waals surface area contributed by atoms with Gasteiger partial charge in [0.15, 0.2) is 17.3 Å². The monoisotopic (exact) mass is 606 g/mol. The third-order valence-corrected chi connectivity index (χ3v) is 5.44. The molecule has 1 amide bonds. The highest BCUT2D eigenvalue weighted by molar-refractivity contribution is 14.1. The Morgan fingerprint density at radius 2 is 1.96 bits per heavy atom. The van der Waals surface area contributed by atoms with Gasteiger partial charge >= 0.3 is 5.91 Å². The van der Waals surface area contributed by atoms with Crippen molar-refractivity contribution in [1.82, 2.24) is 5.43 Å². The van der Waals surface area contributed by atoms with Crippen LogP contribution in [0, 0.1) is 3.57 Å². The van der Waals surface area contributed by atoms with E-state index in [2.05, 4.69) is 65.0 Å². The molecule has 1 aromatic heterocycles. The van der Waals surface area contributed by atoms with Gasteiger partial charge in [0.2, 0.25) is 0 Å². The Kier molecular flexibility index (Phi) is 6.43. The molecule has 0 aliphatic rings. The average Bonchev–Trinajstić information content (AvgIpc) is 3.05.